The molecular formula is C15H21NO. The minimum Gasteiger partial charge on any atom is -0.494 e. The Kier molecular flexibility index (Phi) is 6.93. The highest BCUT2D eigenvalue weighted by Crippen LogP contribution is 2.17. The number of unbranched alkanes of at least 4 members (excludes halogenated alkanes) is 2. The summed E-state index contributed by atoms with van der Waals surface area (Å²) in [7, 11) is 0. The van der Waals surface area contributed by atoms with Crippen molar-refractivity contribution in [2.75, 3.05) is 13.2 Å². The van der Waals surface area contributed by atoms with Gasteiger partial charge in [0, 0.05) is 18.5 Å². The van der Waals surface area contributed by atoms with Gasteiger partial charge in [0.15, 0.2) is 0 Å². The van der Waals surface area contributed by atoms with Crippen LogP contribution in [0.2, 0.25) is 0 Å². The van der Waals surface area contributed by atoms with Crippen LogP contribution in [0.25, 0.3) is 0 Å². The van der Waals surface area contributed by atoms with E-state index in [2.05, 4.69) is 17.3 Å². The highest BCUT2D eigenvalue weighted by molar-refractivity contribution is 5.33. The van der Waals surface area contributed by atoms with E-state index in [-0.39, 0.29) is 0 Å². The number of benzene rings is 1. The van der Waals surface area contributed by atoms with E-state index >= 15 is 0 Å². The molecule has 0 heterocycles. The lowest BCUT2D eigenvalue weighted by atomic mass is 10.2. The lowest BCUT2D eigenvalue weighted by Crippen LogP contribution is -2.15. The molecule has 92 valence electrons. The van der Waals surface area contributed by atoms with Crippen molar-refractivity contribution in [3.05, 3.63) is 29.8 Å². The van der Waals surface area contributed by atoms with Gasteiger partial charge in [0.25, 0.3) is 0 Å². The van der Waals surface area contributed by atoms with E-state index in [1.54, 1.807) is 0 Å². The van der Waals surface area contributed by atoms with E-state index in [0.29, 0.717) is 6.61 Å². The minimum atomic E-state index is 0.708. The average molecular weight is 231 g/mol. The standard InChI is InChI=1S/C15H21NO/c1-3-5-6-9-12-16-13-14-10-7-8-11-15(14)17-4-2/h1,7-8,10-11,16H,4-6,9,12-13H2,2H3. The molecule has 0 fully saturated rings. The van der Waals surface area contributed by atoms with Crippen molar-refractivity contribution in [3.8, 4) is 18.1 Å². The van der Waals surface area contributed by atoms with Crippen molar-refractivity contribution in [1.29, 1.82) is 0 Å². The summed E-state index contributed by atoms with van der Waals surface area (Å²) in [5.74, 6) is 3.63. The van der Waals surface area contributed by atoms with Gasteiger partial charge in [0.05, 0.1) is 6.61 Å². The molecule has 17 heavy (non-hydrogen) atoms. The Morgan fingerprint density at radius 2 is 2.12 bits per heavy atom. The van der Waals surface area contributed by atoms with E-state index in [4.69, 9.17) is 11.2 Å². The fourth-order valence-electron chi connectivity index (χ4n) is 1.65. The third-order valence-electron chi connectivity index (χ3n) is 2.51. The molecule has 1 rings (SSSR count). The van der Waals surface area contributed by atoms with E-state index in [9.17, 15) is 0 Å². The second kappa shape index (κ2) is 8.66. The first kappa shape index (κ1) is 13.6. The summed E-state index contributed by atoms with van der Waals surface area (Å²) in [5, 5.41) is 3.41. The van der Waals surface area contributed by atoms with Gasteiger partial charge in [-0.3, -0.25) is 0 Å². The van der Waals surface area contributed by atoms with Crippen LogP contribution in [0.3, 0.4) is 0 Å². The molecule has 0 amide bonds. The summed E-state index contributed by atoms with van der Waals surface area (Å²) in [5.41, 5.74) is 1.21. The molecule has 2 heteroatoms. The number of ether oxygens (including phenoxy) is 1. The van der Waals surface area contributed by atoms with Gasteiger partial charge >= 0.3 is 0 Å². The predicted molar refractivity (Wildman–Crippen MR) is 72.0 cm³/mol. The zero-order valence-corrected chi connectivity index (χ0v) is 10.5. The van der Waals surface area contributed by atoms with Crippen molar-refractivity contribution in [2.45, 2.75) is 32.7 Å². The Morgan fingerprint density at radius 3 is 2.88 bits per heavy atom. The van der Waals surface area contributed by atoms with Gasteiger partial charge in [0.1, 0.15) is 5.75 Å². The van der Waals surface area contributed by atoms with Crippen molar-refractivity contribution < 1.29 is 4.74 Å². The van der Waals surface area contributed by atoms with Crippen LogP contribution in [0.5, 0.6) is 5.75 Å². The number of rotatable bonds is 8. The second-order valence-electron chi connectivity index (χ2n) is 3.88. The Bertz CT molecular complexity index is 354. The third-order valence-corrected chi connectivity index (χ3v) is 2.51. The molecule has 0 aliphatic rings. The smallest absolute Gasteiger partial charge is 0.123 e. The van der Waals surface area contributed by atoms with Crippen molar-refractivity contribution in [1.82, 2.24) is 5.32 Å². The van der Waals surface area contributed by atoms with Crippen LogP contribution in [0.4, 0.5) is 0 Å². The van der Waals surface area contributed by atoms with Gasteiger partial charge in [-0.25, -0.2) is 0 Å². The zero-order valence-electron chi connectivity index (χ0n) is 10.5. The molecule has 2 nitrogen and oxygen atoms in total. The van der Waals surface area contributed by atoms with Crippen LogP contribution < -0.4 is 10.1 Å². The lowest BCUT2D eigenvalue weighted by Gasteiger charge is -2.10. The topological polar surface area (TPSA) is 21.3 Å². The van der Waals surface area contributed by atoms with Crippen molar-refractivity contribution >= 4 is 0 Å². The summed E-state index contributed by atoms with van der Waals surface area (Å²) in [6.45, 7) is 4.57. The number of para-hydroxylation sites is 1. The molecule has 0 bridgehead atoms. The van der Waals surface area contributed by atoms with E-state index in [1.165, 1.54) is 5.56 Å². The maximum absolute atomic E-state index is 5.57. The van der Waals surface area contributed by atoms with Crippen molar-refractivity contribution in [3.63, 3.8) is 0 Å². The van der Waals surface area contributed by atoms with E-state index in [0.717, 1.165) is 38.1 Å². The van der Waals surface area contributed by atoms with Gasteiger partial charge in [-0.2, -0.15) is 0 Å². The fraction of sp³-hybridized carbons (Fsp3) is 0.467. The maximum atomic E-state index is 5.57. The Balaban J connectivity index is 2.28. The molecule has 0 aliphatic heterocycles. The third kappa shape index (κ3) is 5.42. The highest BCUT2D eigenvalue weighted by Gasteiger charge is 2.00. The average Bonchev–Trinajstić information content (AvgIpc) is 2.36. The minimum absolute atomic E-state index is 0.708. The molecule has 0 saturated heterocycles. The second-order valence-corrected chi connectivity index (χ2v) is 3.88. The van der Waals surface area contributed by atoms with Gasteiger partial charge in [-0.15, -0.1) is 12.3 Å². The monoisotopic (exact) mass is 231 g/mol. The quantitative estimate of drug-likeness (QED) is 0.548. The summed E-state index contributed by atoms with van der Waals surface area (Å²) < 4.78 is 5.57. The zero-order chi connectivity index (χ0) is 12.3. The molecule has 0 spiro atoms. The Morgan fingerprint density at radius 1 is 1.29 bits per heavy atom. The molecule has 0 atom stereocenters. The summed E-state index contributed by atoms with van der Waals surface area (Å²) >= 11 is 0. The predicted octanol–water partition coefficient (Wildman–Crippen LogP) is 2.98. The number of terminal acetylenes is 1. The van der Waals surface area contributed by atoms with Gasteiger partial charge in [0.2, 0.25) is 0 Å². The van der Waals surface area contributed by atoms with Crippen LogP contribution >= 0.6 is 0 Å². The molecule has 0 radical (unpaired) electrons. The first-order valence-corrected chi connectivity index (χ1v) is 6.23. The van der Waals surface area contributed by atoms with E-state index < -0.39 is 0 Å². The maximum Gasteiger partial charge on any atom is 0.123 e. The highest BCUT2D eigenvalue weighted by atomic mass is 16.5. The number of hydrogen-bond acceptors (Lipinski definition) is 2. The number of hydrogen-bond donors (Lipinski definition) is 1. The first-order valence-electron chi connectivity index (χ1n) is 6.23. The molecule has 1 aromatic rings. The Hall–Kier alpha value is -1.46. The normalized spacial score (nSPS) is 9.88. The molecule has 0 aliphatic carbocycles. The fourth-order valence-corrected chi connectivity index (χ4v) is 1.65. The summed E-state index contributed by atoms with van der Waals surface area (Å²) in [4.78, 5) is 0. The Labute approximate surface area is 104 Å². The van der Waals surface area contributed by atoms with Crippen LogP contribution in [0.1, 0.15) is 31.7 Å². The first-order chi connectivity index (χ1) is 8.38. The lowest BCUT2D eigenvalue weighted by molar-refractivity contribution is 0.335. The summed E-state index contributed by atoms with van der Waals surface area (Å²) in [6.07, 6.45) is 8.29. The van der Waals surface area contributed by atoms with Gasteiger partial charge in [-0.05, 0) is 32.4 Å². The van der Waals surface area contributed by atoms with Gasteiger partial charge in [-0.1, -0.05) is 18.2 Å². The van der Waals surface area contributed by atoms with Gasteiger partial charge < -0.3 is 10.1 Å². The van der Waals surface area contributed by atoms with Crippen LogP contribution in [-0.2, 0) is 6.54 Å². The van der Waals surface area contributed by atoms with E-state index in [1.807, 2.05) is 25.1 Å². The largest absolute Gasteiger partial charge is 0.494 e. The van der Waals surface area contributed by atoms with Crippen LogP contribution in [0, 0.1) is 12.3 Å². The van der Waals surface area contributed by atoms with Crippen LogP contribution in [-0.4, -0.2) is 13.2 Å². The molecule has 1 N–H and O–H groups in total. The molecular weight excluding hydrogens is 210 g/mol. The van der Waals surface area contributed by atoms with Crippen molar-refractivity contribution in [2.24, 2.45) is 0 Å². The molecule has 0 saturated carbocycles. The van der Waals surface area contributed by atoms with Crippen LogP contribution in [0.15, 0.2) is 24.3 Å². The molecule has 0 unspecified atom stereocenters. The molecule has 1 aromatic carbocycles. The SMILES string of the molecule is C#CCCCCNCc1ccccc1OCC. The molecule has 0 aromatic heterocycles. The number of nitrogens with one attached hydrogen (secondary N) is 1. The summed E-state index contributed by atoms with van der Waals surface area (Å²) in [6, 6.07) is 8.15.